The fourth-order valence-corrected chi connectivity index (χ4v) is 8.37. The van der Waals surface area contributed by atoms with Gasteiger partial charge in [0, 0.05) is 72.1 Å². The number of anilines is 2. The molecule has 2 aliphatic heterocycles. The van der Waals surface area contributed by atoms with Gasteiger partial charge in [0.25, 0.3) is 0 Å². The van der Waals surface area contributed by atoms with Gasteiger partial charge < -0.3 is 9.80 Å². The zero-order valence-corrected chi connectivity index (χ0v) is 31.5. The molecule has 2 aliphatic rings. The number of alkyl halides is 1. The number of pyridine rings is 1. The maximum atomic E-state index is 5.07. The number of rotatable bonds is 5. The first-order valence-corrected chi connectivity index (χ1v) is 16.8. The molecule has 3 aromatic carbocycles. The first-order valence-electron chi connectivity index (χ1n) is 15.1. The van der Waals surface area contributed by atoms with Crippen molar-refractivity contribution in [2.75, 3.05) is 22.9 Å². The number of aryl methyl sites for hydroxylation is 6. The molecule has 3 heterocycles. The Morgan fingerprint density at radius 1 is 0.756 bits per heavy atom. The van der Waals surface area contributed by atoms with Gasteiger partial charge in [-0.15, -0.1) is 0 Å². The number of nitrogens with zero attached hydrogens (tertiary/aromatic N) is 4. The quantitative estimate of drug-likeness (QED) is 0.149. The van der Waals surface area contributed by atoms with E-state index in [1.807, 2.05) is 18.5 Å². The summed E-state index contributed by atoms with van der Waals surface area (Å²) in [6, 6.07) is 23.8. The molecule has 45 heavy (non-hydrogen) atoms. The average molecular weight is 812 g/mol. The van der Waals surface area contributed by atoms with Gasteiger partial charge in [-0.05, 0) is 103 Å². The maximum absolute atomic E-state index is 5.07. The van der Waals surface area contributed by atoms with Gasteiger partial charge in [0.05, 0.1) is 16.4 Å². The van der Waals surface area contributed by atoms with Crippen molar-refractivity contribution in [3.63, 3.8) is 0 Å². The molecule has 4 nitrogen and oxygen atoms in total. The van der Waals surface area contributed by atoms with E-state index in [1.54, 1.807) is 0 Å². The van der Waals surface area contributed by atoms with E-state index in [9.17, 15) is 0 Å². The minimum absolute atomic E-state index is 0. The van der Waals surface area contributed by atoms with Crippen LogP contribution >= 0.6 is 31.9 Å². The Bertz CT molecular complexity index is 1720. The van der Waals surface area contributed by atoms with E-state index in [-0.39, 0.29) is 30.2 Å². The summed E-state index contributed by atoms with van der Waals surface area (Å²) in [7, 11) is 0. The Labute approximate surface area is 297 Å². The normalized spacial score (nSPS) is 17.0. The fraction of sp³-hybridized carbons (Fsp3) is 0.263. The average Bonchev–Trinajstić information content (AvgIpc) is 3.38. The first kappa shape index (κ1) is 33.5. The molecule has 0 spiro atoms. The van der Waals surface area contributed by atoms with E-state index in [1.165, 1.54) is 56.1 Å². The van der Waals surface area contributed by atoms with Crippen LogP contribution < -0.4 is 9.80 Å². The molecule has 6 rings (SSSR count). The molecule has 7 heteroatoms. The van der Waals surface area contributed by atoms with Crippen LogP contribution in [0.5, 0.6) is 0 Å². The van der Waals surface area contributed by atoms with Crippen molar-refractivity contribution < 1.29 is 19.5 Å². The summed E-state index contributed by atoms with van der Waals surface area (Å²) in [5, 5.41) is 0. The molecule has 0 aliphatic carbocycles. The Kier molecular flexibility index (Phi) is 10.3. The van der Waals surface area contributed by atoms with Crippen molar-refractivity contribution in [3.05, 3.63) is 146 Å². The molecular formula is C38H38Br2N4Ru. The molecule has 0 N–H and O–H groups in total. The molecule has 0 bridgehead atoms. The van der Waals surface area contributed by atoms with Crippen molar-refractivity contribution in [2.24, 2.45) is 4.99 Å². The molecule has 0 saturated carbocycles. The van der Waals surface area contributed by atoms with Gasteiger partial charge in [-0.25, -0.2) is 0 Å². The monoisotopic (exact) mass is 810 g/mol. The van der Waals surface area contributed by atoms with Crippen LogP contribution in [0.3, 0.4) is 0 Å². The second-order valence-corrected chi connectivity index (χ2v) is 13.8. The molecule has 2 unspecified atom stereocenters. The number of halogens is 2. The van der Waals surface area contributed by atoms with Crippen LogP contribution in [0.1, 0.15) is 50.6 Å². The second kappa shape index (κ2) is 13.9. The summed E-state index contributed by atoms with van der Waals surface area (Å²) in [5.41, 5.74) is 14.6. The molecule has 4 aromatic rings. The van der Waals surface area contributed by atoms with Crippen LogP contribution in [-0.4, -0.2) is 28.6 Å². The Hall–Kier alpha value is -2.86. The Balaban J connectivity index is 0.00000400. The third-order valence-electron chi connectivity index (χ3n) is 8.63. The topological polar surface area (TPSA) is 31.7 Å². The van der Waals surface area contributed by atoms with Gasteiger partial charge in [-0.1, -0.05) is 81.7 Å². The molecule has 0 radical (unpaired) electrons. The van der Waals surface area contributed by atoms with Gasteiger partial charge in [-0.2, -0.15) is 0 Å². The summed E-state index contributed by atoms with van der Waals surface area (Å²) in [5.74, 6) is 1.07. The van der Waals surface area contributed by atoms with Crippen LogP contribution in [-0.2, 0) is 19.5 Å². The van der Waals surface area contributed by atoms with Gasteiger partial charge in [0.15, 0.2) is 0 Å². The molecular weight excluding hydrogens is 773 g/mol. The third-order valence-corrected chi connectivity index (χ3v) is 10.3. The smallest absolute Gasteiger partial charge is 0.118 e. The summed E-state index contributed by atoms with van der Waals surface area (Å²) in [6.07, 6.45) is 6.03. The number of hydrogen-bond donors (Lipinski definition) is 0. The Morgan fingerprint density at radius 2 is 1.29 bits per heavy atom. The van der Waals surface area contributed by atoms with Crippen LogP contribution in [0, 0.1) is 41.5 Å². The van der Waals surface area contributed by atoms with Crippen LogP contribution in [0.2, 0.25) is 0 Å². The van der Waals surface area contributed by atoms with Crippen molar-refractivity contribution in [3.8, 4) is 0 Å². The predicted molar refractivity (Wildman–Crippen MR) is 193 cm³/mol. The van der Waals surface area contributed by atoms with E-state index in [2.05, 4.69) is 150 Å². The van der Waals surface area contributed by atoms with Gasteiger partial charge in [0.2, 0.25) is 0 Å². The minimum atomic E-state index is -0.137. The van der Waals surface area contributed by atoms with E-state index in [0.717, 1.165) is 34.5 Å². The fourth-order valence-electron chi connectivity index (χ4n) is 7.15. The largest absolute Gasteiger partial charge is 0.325 e. The van der Waals surface area contributed by atoms with Gasteiger partial charge >= 0.3 is 0 Å². The SMILES string of the molecule is Cc1cc(C)c(N2CCN(c3c(C)cc(C)cc3C)C2=C2C=CN=C(C(c3ccccc3)c3ncccc3Br)C2Br)c(C)c1.[Ru]. The van der Waals surface area contributed by atoms with Crippen molar-refractivity contribution in [1.82, 2.24) is 4.98 Å². The van der Waals surface area contributed by atoms with E-state index in [0.29, 0.717) is 0 Å². The van der Waals surface area contributed by atoms with Crippen molar-refractivity contribution in [1.29, 1.82) is 0 Å². The van der Waals surface area contributed by atoms with Crippen LogP contribution in [0.25, 0.3) is 0 Å². The van der Waals surface area contributed by atoms with E-state index >= 15 is 0 Å². The summed E-state index contributed by atoms with van der Waals surface area (Å²) in [4.78, 5) is 14.9. The zero-order valence-electron chi connectivity index (χ0n) is 26.6. The minimum Gasteiger partial charge on any atom is -0.325 e. The molecule has 2 atom stereocenters. The van der Waals surface area contributed by atoms with Crippen molar-refractivity contribution in [2.45, 2.75) is 52.3 Å². The second-order valence-electron chi connectivity index (χ2n) is 12.0. The summed E-state index contributed by atoms with van der Waals surface area (Å²) >= 11 is 8.02. The number of allylic oxidation sites excluding steroid dienone is 2. The number of hydrogen-bond acceptors (Lipinski definition) is 4. The Morgan fingerprint density at radius 3 is 1.80 bits per heavy atom. The number of benzene rings is 3. The molecule has 0 amide bonds. The molecule has 1 fully saturated rings. The molecule has 1 aromatic heterocycles. The third kappa shape index (κ3) is 6.41. The van der Waals surface area contributed by atoms with Crippen LogP contribution in [0.4, 0.5) is 11.4 Å². The van der Waals surface area contributed by atoms with Crippen LogP contribution in [0.15, 0.2) is 106 Å². The molecule has 1 saturated heterocycles. The van der Waals surface area contributed by atoms with Crippen molar-refractivity contribution >= 4 is 48.9 Å². The van der Waals surface area contributed by atoms with E-state index in [4.69, 9.17) is 9.98 Å². The number of aliphatic imine (C=N–C) groups is 1. The summed E-state index contributed by atoms with van der Waals surface area (Å²) < 4.78 is 0.973. The summed E-state index contributed by atoms with van der Waals surface area (Å²) in [6.45, 7) is 15.1. The predicted octanol–water partition coefficient (Wildman–Crippen LogP) is 9.79. The number of aromatic nitrogens is 1. The molecule has 232 valence electrons. The zero-order chi connectivity index (χ0) is 31.1. The van der Waals surface area contributed by atoms with Gasteiger partial charge in [0.1, 0.15) is 5.82 Å². The standard InChI is InChI=1S/C38H38Br2N4.Ru/c1-23-19-25(3)36(26(4)20-23)43-17-18-44(37-27(5)21-24(2)22-28(37)6)38(43)30-14-16-42-35(33(30)40)32(29-11-8-7-9-12-29)34-31(39)13-10-15-41-34;/h7-16,19-22,32-33H,17-18H2,1-6H3;. The maximum Gasteiger partial charge on any atom is 0.118 e. The van der Waals surface area contributed by atoms with Gasteiger partial charge in [-0.3, -0.25) is 9.98 Å². The first-order chi connectivity index (χ1) is 21.2. The van der Waals surface area contributed by atoms with E-state index < -0.39 is 0 Å².